The fourth-order valence-corrected chi connectivity index (χ4v) is 3.24. The van der Waals surface area contributed by atoms with Gasteiger partial charge in [0, 0.05) is 5.56 Å². The Balaban J connectivity index is 1.76. The molecular weight excluding hydrogens is 370 g/mol. The van der Waals surface area contributed by atoms with Crippen LogP contribution in [0.4, 0.5) is 0 Å². The number of rotatable bonds is 6. The van der Waals surface area contributed by atoms with E-state index in [1.165, 1.54) is 0 Å². The summed E-state index contributed by atoms with van der Waals surface area (Å²) in [6.07, 6.45) is 4.13. The molecule has 0 amide bonds. The van der Waals surface area contributed by atoms with Crippen molar-refractivity contribution in [2.75, 3.05) is 14.2 Å². The zero-order chi connectivity index (χ0) is 20.8. The Morgan fingerprint density at radius 1 is 0.600 bits per heavy atom. The van der Waals surface area contributed by atoms with Gasteiger partial charge < -0.3 is 9.47 Å². The van der Waals surface area contributed by atoms with E-state index in [1.807, 2.05) is 54.6 Å². The minimum absolute atomic E-state index is 0.828. The largest absolute Gasteiger partial charge is 0.497 e. The van der Waals surface area contributed by atoms with E-state index in [-0.39, 0.29) is 0 Å². The number of hydrogen-bond acceptors (Lipinski definition) is 3. The van der Waals surface area contributed by atoms with E-state index in [9.17, 15) is 0 Å². The topological polar surface area (TPSA) is 31.4 Å². The van der Waals surface area contributed by atoms with Gasteiger partial charge >= 0.3 is 0 Å². The summed E-state index contributed by atoms with van der Waals surface area (Å²) in [6, 6.07) is 30.5. The second-order valence-electron chi connectivity index (χ2n) is 6.87. The quantitative estimate of drug-likeness (QED) is 0.370. The van der Waals surface area contributed by atoms with Crippen LogP contribution in [0, 0.1) is 0 Å². The van der Waals surface area contributed by atoms with Gasteiger partial charge in [0.25, 0.3) is 0 Å². The van der Waals surface area contributed by atoms with Gasteiger partial charge in [0.05, 0.1) is 25.6 Å². The normalized spacial score (nSPS) is 10.9. The number of methoxy groups -OCH3 is 2. The molecule has 4 rings (SSSR count). The van der Waals surface area contributed by atoms with Crippen LogP contribution in [0.2, 0.25) is 0 Å². The van der Waals surface area contributed by atoms with E-state index < -0.39 is 0 Å². The number of pyridine rings is 1. The highest BCUT2D eigenvalue weighted by atomic mass is 16.5. The van der Waals surface area contributed by atoms with E-state index in [1.54, 1.807) is 14.2 Å². The Kier molecular flexibility index (Phi) is 5.90. The lowest BCUT2D eigenvalue weighted by atomic mass is 10.0. The fraction of sp³-hybridized carbons (Fsp3) is 0.0741. The van der Waals surface area contributed by atoms with Gasteiger partial charge in [-0.1, -0.05) is 48.5 Å². The summed E-state index contributed by atoms with van der Waals surface area (Å²) in [7, 11) is 3.35. The molecule has 30 heavy (non-hydrogen) atoms. The Morgan fingerprint density at radius 2 is 1.20 bits per heavy atom. The van der Waals surface area contributed by atoms with Crippen LogP contribution in [0.25, 0.3) is 34.5 Å². The highest BCUT2D eigenvalue weighted by Gasteiger charge is 2.07. The summed E-state index contributed by atoms with van der Waals surface area (Å²) in [5.41, 5.74) is 6.21. The maximum atomic E-state index is 5.30. The molecule has 0 bridgehead atoms. The number of hydrogen-bond donors (Lipinski definition) is 0. The third-order valence-electron chi connectivity index (χ3n) is 4.90. The summed E-state index contributed by atoms with van der Waals surface area (Å²) < 4.78 is 10.6. The van der Waals surface area contributed by atoms with Crippen LogP contribution in [-0.4, -0.2) is 19.2 Å². The predicted octanol–water partition coefficient (Wildman–Crippen LogP) is 6.60. The SMILES string of the molecule is COc1ccc(-c2cc(/C=C/c3ccccc3)nc(-c3ccc(OC)cc3)c2)cc1. The third-order valence-corrected chi connectivity index (χ3v) is 4.90. The van der Waals surface area contributed by atoms with Crippen LogP contribution < -0.4 is 9.47 Å². The standard InChI is InChI=1S/C27H23NO2/c1-29-25-14-9-21(10-15-25)23-18-24(13-8-20-6-4-3-5-7-20)28-27(19-23)22-11-16-26(30-2)17-12-22/h3-19H,1-2H3/b13-8+. The van der Waals surface area contributed by atoms with E-state index in [4.69, 9.17) is 14.5 Å². The van der Waals surface area contributed by atoms with Crippen LogP contribution >= 0.6 is 0 Å². The number of ether oxygens (including phenoxy) is 2. The molecule has 0 aliphatic carbocycles. The lowest BCUT2D eigenvalue weighted by Gasteiger charge is -2.09. The summed E-state index contributed by atoms with van der Waals surface area (Å²) in [5, 5.41) is 0. The number of nitrogens with zero attached hydrogens (tertiary/aromatic N) is 1. The summed E-state index contributed by atoms with van der Waals surface area (Å²) >= 11 is 0. The van der Waals surface area contributed by atoms with Crippen LogP contribution in [0.5, 0.6) is 11.5 Å². The maximum Gasteiger partial charge on any atom is 0.118 e. The highest BCUT2D eigenvalue weighted by molar-refractivity contribution is 5.76. The van der Waals surface area contributed by atoms with Crippen molar-refractivity contribution in [3.8, 4) is 33.9 Å². The average molecular weight is 393 g/mol. The van der Waals surface area contributed by atoms with Gasteiger partial charge in [0.2, 0.25) is 0 Å². The number of benzene rings is 3. The van der Waals surface area contributed by atoms with Gasteiger partial charge in [-0.25, -0.2) is 4.98 Å². The maximum absolute atomic E-state index is 5.30. The van der Waals surface area contributed by atoms with Crippen molar-refractivity contribution in [2.24, 2.45) is 0 Å². The molecule has 0 unspecified atom stereocenters. The molecule has 148 valence electrons. The van der Waals surface area contributed by atoms with Crippen LogP contribution in [0.15, 0.2) is 91.0 Å². The van der Waals surface area contributed by atoms with Gasteiger partial charge in [-0.3, -0.25) is 0 Å². The molecule has 0 N–H and O–H groups in total. The van der Waals surface area contributed by atoms with Crippen LogP contribution in [0.1, 0.15) is 11.3 Å². The summed E-state index contributed by atoms with van der Waals surface area (Å²) in [4.78, 5) is 4.88. The molecule has 1 aromatic heterocycles. The van der Waals surface area contributed by atoms with Crippen molar-refractivity contribution in [3.63, 3.8) is 0 Å². The van der Waals surface area contributed by atoms with Gasteiger partial charge in [0.15, 0.2) is 0 Å². The van der Waals surface area contributed by atoms with Crippen molar-refractivity contribution >= 4 is 12.2 Å². The molecule has 3 aromatic carbocycles. The minimum Gasteiger partial charge on any atom is -0.497 e. The molecule has 0 aliphatic rings. The van der Waals surface area contributed by atoms with Crippen molar-refractivity contribution < 1.29 is 9.47 Å². The molecule has 3 nitrogen and oxygen atoms in total. The molecule has 0 atom stereocenters. The lowest BCUT2D eigenvalue weighted by Crippen LogP contribution is -1.91. The molecule has 0 aliphatic heterocycles. The van der Waals surface area contributed by atoms with Gasteiger partial charge in [-0.2, -0.15) is 0 Å². The van der Waals surface area contributed by atoms with E-state index >= 15 is 0 Å². The molecule has 0 radical (unpaired) electrons. The fourth-order valence-electron chi connectivity index (χ4n) is 3.24. The predicted molar refractivity (Wildman–Crippen MR) is 124 cm³/mol. The summed E-state index contributed by atoms with van der Waals surface area (Å²) in [5.74, 6) is 1.67. The molecule has 0 saturated heterocycles. The zero-order valence-corrected chi connectivity index (χ0v) is 17.1. The first-order valence-corrected chi connectivity index (χ1v) is 9.79. The zero-order valence-electron chi connectivity index (χ0n) is 17.1. The molecule has 0 saturated carbocycles. The van der Waals surface area contributed by atoms with Gasteiger partial charge in [-0.05, 0) is 71.3 Å². The molecule has 3 heteroatoms. The van der Waals surface area contributed by atoms with Crippen LogP contribution in [-0.2, 0) is 0 Å². The Morgan fingerprint density at radius 3 is 1.80 bits per heavy atom. The monoisotopic (exact) mass is 393 g/mol. The number of aromatic nitrogens is 1. The van der Waals surface area contributed by atoms with Crippen molar-refractivity contribution in [3.05, 3.63) is 102 Å². The first-order chi connectivity index (χ1) is 14.7. The second kappa shape index (κ2) is 9.10. The molecule has 4 aromatic rings. The van der Waals surface area contributed by atoms with E-state index in [0.717, 1.165) is 45.1 Å². The van der Waals surface area contributed by atoms with Gasteiger partial charge in [0.1, 0.15) is 11.5 Å². The summed E-state index contributed by atoms with van der Waals surface area (Å²) in [6.45, 7) is 0. The highest BCUT2D eigenvalue weighted by Crippen LogP contribution is 2.29. The first-order valence-electron chi connectivity index (χ1n) is 9.79. The molecule has 0 fully saturated rings. The molecular formula is C27H23NO2. The smallest absolute Gasteiger partial charge is 0.118 e. The van der Waals surface area contributed by atoms with Crippen molar-refractivity contribution in [1.29, 1.82) is 0 Å². The molecule has 0 spiro atoms. The Labute approximate surface area is 177 Å². The van der Waals surface area contributed by atoms with Crippen LogP contribution in [0.3, 0.4) is 0 Å². The Bertz CT molecular complexity index is 1070. The third kappa shape index (κ3) is 4.58. The first kappa shape index (κ1) is 19.5. The second-order valence-corrected chi connectivity index (χ2v) is 6.87. The van der Waals surface area contributed by atoms with Crippen molar-refractivity contribution in [2.45, 2.75) is 0 Å². The van der Waals surface area contributed by atoms with Gasteiger partial charge in [-0.15, -0.1) is 0 Å². The lowest BCUT2D eigenvalue weighted by molar-refractivity contribution is 0.415. The van der Waals surface area contributed by atoms with E-state index in [2.05, 4.69) is 48.6 Å². The minimum atomic E-state index is 0.828. The van der Waals surface area contributed by atoms with Crippen molar-refractivity contribution in [1.82, 2.24) is 4.98 Å². The molecule has 1 heterocycles. The van der Waals surface area contributed by atoms with E-state index in [0.29, 0.717) is 0 Å². The average Bonchev–Trinajstić information content (AvgIpc) is 2.83. The Hall–Kier alpha value is -3.85.